The number of phenolic OH excluding ortho intramolecular Hbond substituents is 3. The fourth-order valence-corrected chi connectivity index (χ4v) is 2.26. The summed E-state index contributed by atoms with van der Waals surface area (Å²) in [6.07, 6.45) is 0.683. The molecule has 0 aliphatic heterocycles. The van der Waals surface area contributed by atoms with Crippen LogP contribution in [-0.2, 0) is 4.74 Å². The standard InChI is InChI=1S/C18H20O6/c1-4-5-23-18(22)16-11(3)8-12(9-13(16)19)24-15-7-10(2)6-14(20)17(15)21/h6-9,19-21H,4-5H2,1-3H3. The van der Waals surface area contributed by atoms with Gasteiger partial charge in [0.2, 0.25) is 5.75 Å². The molecule has 24 heavy (non-hydrogen) atoms. The predicted octanol–water partition coefficient (Wildman–Crippen LogP) is 3.78. The highest BCUT2D eigenvalue weighted by molar-refractivity contribution is 5.94. The molecule has 0 aliphatic carbocycles. The van der Waals surface area contributed by atoms with E-state index in [-0.39, 0.29) is 35.2 Å². The van der Waals surface area contributed by atoms with E-state index in [1.165, 1.54) is 12.1 Å². The molecule has 0 saturated carbocycles. The molecule has 128 valence electrons. The highest BCUT2D eigenvalue weighted by atomic mass is 16.5. The molecule has 6 nitrogen and oxygen atoms in total. The maximum atomic E-state index is 12.0. The summed E-state index contributed by atoms with van der Waals surface area (Å²) in [5.41, 5.74) is 1.25. The van der Waals surface area contributed by atoms with Gasteiger partial charge < -0.3 is 24.8 Å². The molecule has 0 aliphatic rings. The zero-order valence-corrected chi connectivity index (χ0v) is 13.8. The third-order valence-corrected chi connectivity index (χ3v) is 3.36. The zero-order valence-electron chi connectivity index (χ0n) is 13.8. The van der Waals surface area contributed by atoms with Crippen LogP contribution in [0.1, 0.15) is 34.8 Å². The molecular weight excluding hydrogens is 312 g/mol. The molecule has 0 spiro atoms. The second-order valence-electron chi connectivity index (χ2n) is 5.50. The van der Waals surface area contributed by atoms with Gasteiger partial charge in [-0.2, -0.15) is 0 Å². The average molecular weight is 332 g/mol. The van der Waals surface area contributed by atoms with Crippen molar-refractivity contribution in [3.05, 3.63) is 41.0 Å². The maximum Gasteiger partial charge on any atom is 0.342 e. The van der Waals surface area contributed by atoms with Crippen LogP contribution in [0.25, 0.3) is 0 Å². The third-order valence-electron chi connectivity index (χ3n) is 3.36. The maximum absolute atomic E-state index is 12.0. The fourth-order valence-electron chi connectivity index (χ4n) is 2.26. The van der Waals surface area contributed by atoms with Gasteiger partial charge in [0.1, 0.15) is 17.1 Å². The van der Waals surface area contributed by atoms with E-state index in [9.17, 15) is 20.1 Å². The molecule has 0 radical (unpaired) electrons. The van der Waals surface area contributed by atoms with Crippen LogP contribution >= 0.6 is 0 Å². The molecule has 0 saturated heterocycles. The first-order chi connectivity index (χ1) is 11.3. The number of phenols is 3. The van der Waals surface area contributed by atoms with Crippen LogP contribution < -0.4 is 4.74 Å². The van der Waals surface area contributed by atoms with Crippen LogP contribution in [-0.4, -0.2) is 27.9 Å². The van der Waals surface area contributed by atoms with Crippen LogP contribution in [0.15, 0.2) is 24.3 Å². The number of hydrogen-bond donors (Lipinski definition) is 3. The minimum absolute atomic E-state index is 0.0487. The van der Waals surface area contributed by atoms with E-state index in [1.54, 1.807) is 26.0 Å². The molecule has 2 rings (SSSR count). The van der Waals surface area contributed by atoms with Crippen molar-refractivity contribution in [1.82, 2.24) is 0 Å². The Balaban J connectivity index is 2.33. The van der Waals surface area contributed by atoms with E-state index in [4.69, 9.17) is 9.47 Å². The first-order valence-corrected chi connectivity index (χ1v) is 7.54. The van der Waals surface area contributed by atoms with Gasteiger partial charge in [-0.25, -0.2) is 4.79 Å². The molecule has 2 aromatic carbocycles. The molecule has 3 N–H and O–H groups in total. The Bertz CT molecular complexity index is 743. The smallest absolute Gasteiger partial charge is 0.342 e. The predicted molar refractivity (Wildman–Crippen MR) is 88.0 cm³/mol. The van der Waals surface area contributed by atoms with E-state index in [0.717, 1.165) is 0 Å². The van der Waals surface area contributed by atoms with Crippen LogP contribution in [0.4, 0.5) is 0 Å². The van der Waals surface area contributed by atoms with Crippen molar-refractivity contribution in [3.63, 3.8) is 0 Å². The zero-order chi connectivity index (χ0) is 17.9. The van der Waals surface area contributed by atoms with Crippen LogP contribution in [0, 0.1) is 13.8 Å². The van der Waals surface area contributed by atoms with Gasteiger partial charge >= 0.3 is 5.97 Å². The van der Waals surface area contributed by atoms with Gasteiger partial charge in [-0.15, -0.1) is 0 Å². The Morgan fingerprint density at radius 1 is 1.04 bits per heavy atom. The lowest BCUT2D eigenvalue weighted by molar-refractivity contribution is 0.0501. The molecule has 0 atom stereocenters. The van der Waals surface area contributed by atoms with Crippen molar-refractivity contribution < 1.29 is 29.6 Å². The van der Waals surface area contributed by atoms with E-state index in [1.807, 2.05) is 6.92 Å². The van der Waals surface area contributed by atoms with Gasteiger partial charge in [0.25, 0.3) is 0 Å². The molecule has 0 heterocycles. The first kappa shape index (κ1) is 17.5. The molecule has 0 aromatic heterocycles. The summed E-state index contributed by atoms with van der Waals surface area (Å²) >= 11 is 0. The van der Waals surface area contributed by atoms with Gasteiger partial charge in [-0.05, 0) is 49.6 Å². The number of ether oxygens (including phenoxy) is 2. The number of carbonyl (C=O) groups is 1. The number of benzene rings is 2. The number of hydrogen-bond acceptors (Lipinski definition) is 6. The normalized spacial score (nSPS) is 10.5. The lowest BCUT2D eigenvalue weighted by Gasteiger charge is -2.13. The van der Waals surface area contributed by atoms with Crippen LogP contribution in [0.3, 0.4) is 0 Å². The monoisotopic (exact) mass is 332 g/mol. The van der Waals surface area contributed by atoms with Gasteiger partial charge in [-0.1, -0.05) is 6.92 Å². The molecule has 0 amide bonds. The van der Waals surface area contributed by atoms with Gasteiger partial charge in [0.05, 0.1) is 6.61 Å². The third kappa shape index (κ3) is 3.71. The van der Waals surface area contributed by atoms with Gasteiger partial charge in [-0.3, -0.25) is 0 Å². The second kappa shape index (κ2) is 7.12. The average Bonchev–Trinajstić information content (AvgIpc) is 2.49. The second-order valence-corrected chi connectivity index (χ2v) is 5.50. The van der Waals surface area contributed by atoms with Gasteiger partial charge in [0.15, 0.2) is 11.5 Å². The summed E-state index contributed by atoms with van der Waals surface area (Å²) in [5, 5.41) is 29.6. The Morgan fingerprint density at radius 2 is 1.75 bits per heavy atom. The Hall–Kier alpha value is -2.89. The summed E-state index contributed by atoms with van der Waals surface area (Å²) in [6, 6.07) is 5.75. The summed E-state index contributed by atoms with van der Waals surface area (Å²) in [7, 11) is 0. The molecule has 0 fully saturated rings. The van der Waals surface area contributed by atoms with E-state index < -0.39 is 11.7 Å². The SMILES string of the molecule is CCCOC(=O)c1c(C)cc(Oc2cc(C)cc(O)c2O)cc1O. The van der Waals surface area contributed by atoms with Crippen LogP contribution in [0.2, 0.25) is 0 Å². The number of aryl methyl sites for hydroxylation is 2. The molecule has 6 heteroatoms. The minimum atomic E-state index is -0.602. The molecule has 2 aromatic rings. The highest BCUT2D eigenvalue weighted by Crippen LogP contribution is 2.40. The topological polar surface area (TPSA) is 96.2 Å². The van der Waals surface area contributed by atoms with E-state index >= 15 is 0 Å². The van der Waals surface area contributed by atoms with Crippen molar-refractivity contribution in [1.29, 1.82) is 0 Å². The quantitative estimate of drug-likeness (QED) is 0.569. The lowest BCUT2D eigenvalue weighted by atomic mass is 10.1. The fraction of sp³-hybridized carbons (Fsp3) is 0.278. The summed E-state index contributed by atoms with van der Waals surface area (Å²) < 4.78 is 10.6. The number of esters is 1. The lowest BCUT2D eigenvalue weighted by Crippen LogP contribution is -2.08. The molecule has 0 unspecified atom stereocenters. The summed E-state index contributed by atoms with van der Waals surface area (Å²) in [4.78, 5) is 12.0. The Labute approximate surface area is 139 Å². The minimum Gasteiger partial charge on any atom is -0.507 e. The number of carbonyl (C=O) groups excluding carboxylic acids is 1. The molecule has 0 bridgehead atoms. The van der Waals surface area contributed by atoms with Crippen molar-refractivity contribution >= 4 is 5.97 Å². The van der Waals surface area contributed by atoms with Crippen molar-refractivity contribution in [2.24, 2.45) is 0 Å². The van der Waals surface area contributed by atoms with Crippen molar-refractivity contribution in [3.8, 4) is 28.7 Å². The molecular formula is C18H20O6. The summed E-state index contributed by atoms with van der Waals surface area (Å²) in [6.45, 7) is 5.53. The number of rotatable bonds is 5. The van der Waals surface area contributed by atoms with E-state index in [2.05, 4.69) is 0 Å². The van der Waals surface area contributed by atoms with E-state index in [0.29, 0.717) is 17.5 Å². The van der Waals surface area contributed by atoms with Gasteiger partial charge in [0, 0.05) is 6.07 Å². The summed E-state index contributed by atoms with van der Waals surface area (Å²) in [5.74, 6) is -1.31. The Morgan fingerprint density at radius 3 is 2.38 bits per heavy atom. The van der Waals surface area contributed by atoms with Crippen LogP contribution in [0.5, 0.6) is 28.7 Å². The largest absolute Gasteiger partial charge is 0.507 e. The van der Waals surface area contributed by atoms with Crippen molar-refractivity contribution in [2.75, 3.05) is 6.61 Å². The Kier molecular flexibility index (Phi) is 5.18. The first-order valence-electron chi connectivity index (χ1n) is 7.54. The van der Waals surface area contributed by atoms with Crippen molar-refractivity contribution in [2.45, 2.75) is 27.2 Å². The highest BCUT2D eigenvalue weighted by Gasteiger charge is 2.18. The number of aromatic hydroxyl groups is 3.